The Balaban J connectivity index is 1.55. The zero-order valence-electron chi connectivity index (χ0n) is 17.1. The Morgan fingerprint density at radius 1 is 0.906 bits per heavy atom. The second-order valence-corrected chi connectivity index (χ2v) is 8.67. The molecule has 0 unspecified atom stereocenters. The highest BCUT2D eigenvalue weighted by molar-refractivity contribution is 7.17. The first-order valence-corrected chi connectivity index (χ1v) is 11.1. The van der Waals surface area contributed by atoms with Gasteiger partial charge in [-0.05, 0) is 73.2 Å². The summed E-state index contributed by atoms with van der Waals surface area (Å²) in [6.45, 7) is 0.244. The van der Waals surface area contributed by atoms with E-state index in [2.05, 4.69) is 10.6 Å². The van der Waals surface area contributed by atoms with Gasteiger partial charge in [0, 0.05) is 17.0 Å². The van der Waals surface area contributed by atoms with Crippen LogP contribution in [-0.4, -0.2) is 22.9 Å². The lowest BCUT2D eigenvalue weighted by Gasteiger charge is -2.13. The van der Waals surface area contributed by atoms with Crippen molar-refractivity contribution in [3.63, 3.8) is 0 Å². The minimum atomic E-state index is -1.07. The monoisotopic (exact) mass is 452 g/mol. The number of fused-ring (bicyclic) bond motifs is 1. The molecule has 0 radical (unpaired) electrons. The van der Waals surface area contributed by atoms with Crippen LogP contribution in [0.5, 0.6) is 0 Å². The minimum absolute atomic E-state index is 0.0917. The number of hydrogen-bond acceptors (Lipinski definition) is 4. The van der Waals surface area contributed by atoms with E-state index in [0.717, 1.165) is 41.7 Å². The smallest absolute Gasteiger partial charge is 0.335 e. The van der Waals surface area contributed by atoms with Crippen molar-refractivity contribution in [3.05, 3.63) is 87.0 Å². The highest BCUT2D eigenvalue weighted by Crippen LogP contribution is 2.38. The first kappa shape index (κ1) is 21.7. The summed E-state index contributed by atoms with van der Waals surface area (Å²) in [7, 11) is 0. The summed E-state index contributed by atoms with van der Waals surface area (Å²) in [6.07, 6.45) is 3.65. The molecule has 1 aromatic heterocycles. The molecule has 3 N–H and O–H groups in total. The molecule has 0 atom stereocenters. The molecular weight excluding hydrogens is 431 g/mol. The highest BCUT2D eigenvalue weighted by atomic mass is 32.1. The first-order valence-electron chi connectivity index (χ1n) is 10.2. The van der Waals surface area contributed by atoms with Crippen molar-refractivity contribution in [2.45, 2.75) is 32.2 Å². The Hall–Kier alpha value is -3.52. The average molecular weight is 453 g/mol. The van der Waals surface area contributed by atoms with Crippen molar-refractivity contribution in [2.24, 2.45) is 0 Å². The highest BCUT2D eigenvalue weighted by Gasteiger charge is 2.26. The number of thiophene rings is 1. The molecule has 3 aromatic rings. The number of carbonyl (C=O) groups excluding carboxylic acids is 2. The molecule has 32 heavy (non-hydrogen) atoms. The molecule has 0 bridgehead atoms. The summed E-state index contributed by atoms with van der Waals surface area (Å²) in [4.78, 5) is 38.0. The predicted molar refractivity (Wildman–Crippen MR) is 120 cm³/mol. The maximum Gasteiger partial charge on any atom is 0.335 e. The predicted octanol–water partition coefficient (Wildman–Crippen LogP) is 4.65. The topological polar surface area (TPSA) is 95.5 Å². The number of carbonyl (C=O) groups is 3. The van der Waals surface area contributed by atoms with Crippen molar-refractivity contribution >= 4 is 34.1 Å². The number of anilines is 1. The van der Waals surface area contributed by atoms with E-state index in [9.17, 15) is 18.8 Å². The molecule has 0 spiro atoms. The number of halogens is 1. The van der Waals surface area contributed by atoms with Gasteiger partial charge < -0.3 is 15.7 Å². The van der Waals surface area contributed by atoms with Crippen LogP contribution in [0.15, 0.2) is 48.5 Å². The zero-order chi connectivity index (χ0) is 22.7. The molecule has 164 valence electrons. The largest absolute Gasteiger partial charge is 0.478 e. The molecule has 1 aliphatic carbocycles. The summed E-state index contributed by atoms with van der Waals surface area (Å²) in [5.74, 6) is -2.10. The normalized spacial score (nSPS) is 12.7. The van der Waals surface area contributed by atoms with Crippen molar-refractivity contribution < 1.29 is 23.9 Å². The summed E-state index contributed by atoms with van der Waals surface area (Å²) < 4.78 is 13.1. The summed E-state index contributed by atoms with van der Waals surface area (Å²) in [6, 6.07) is 11.5. The maximum atomic E-state index is 13.1. The van der Waals surface area contributed by atoms with E-state index in [0.29, 0.717) is 16.1 Å². The molecule has 2 amide bonds. The van der Waals surface area contributed by atoms with Gasteiger partial charge in [-0.15, -0.1) is 11.3 Å². The number of aryl methyl sites for hydroxylation is 1. The van der Waals surface area contributed by atoms with Crippen molar-refractivity contribution in [2.75, 3.05) is 5.32 Å². The van der Waals surface area contributed by atoms with Gasteiger partial charge in [0.15, 0.2) is 0 Å². The molecular formula is C24H21FN2O4S. The number of amides is 2. The number of benzene rings is 2. The van der Waals surface area contributed by atoms with Crippen molar-refractivity contribution in [1.29, 1.82) is 0 Å². The van der Waals surface area contributed by atoms with Crippen molar-refractivity contribution in [1.82, 2.24) is 5.32 Å². The number of aromatic carboxylic acids is 1. The van der Waals surface area contributed by atoms with Crippen LogP contribution < -0.4 is 10.6 Å². The van der Waals surface area contributed by atoms with E-state index in [1.54, 1.807) is 12.1 Å². The Labute approximate surface area is 188 Å². The lowest BCUT2D eigenvalue weighted by atomic mass is 9.95. The molecule has 6 nitrogen and oxygen atoms in total. The van der Waals surface area contributed by atoms with Crippen LogP contribution in [0.1, 0.15) is 59.9 Å². The van der Waals surface area contributed by atoms with Gasteiger partial charge in [0.1, 0.15) is 10.8 Å². The van der Waals surface area contributed by atoms with Crippen LogP contribution in [0.25, 0.3) is 0 Å². The molecule has 2 aromatic carbocycles. The number of rotatable bonds is 6. The number of carboxylic acid groups (broad SMARTS) is 1. The Kier molecular flexibility index (Phi) is 6.32. The third kappa shape index (κ3) is 4.70. The van der Waals surface area contributed by atoms with Crippen LogP contribution in [0, 0.1) is 5.82 Å². The summed E-state index contributed by atoms with van der Waals surface area (Å²) >= 11 is 1.41. The Bertz CT molecular complexity index is 1170. The second kappa shape index (κ2) is 9.32. The summed E-state index contributed by atoms with van der Waals surface area (Å²) in [5, 5.41) is 15.2. The van der Waals surface area contributed by atoms with Crippen LogP contribution in [-0.2, 0) is 19.4 Å². The molecule has 1 heterocycles. The average Bonchev–Trinajstić information content (AvgIpc) is 3.16. The first-order chi connectivity index (χ1) is 15.4. The van der Waals surface area contributed by atoms with E-state index in [1.165, 1.54) is 47.7 Å². The van der Waals surface area contributed by atoms with Crippen LogP contribution in [0.3, 0.4) is 0 Å². The maximum absolute atomic E-state index is 13.1. The van der Waals surface area contributed by atoms with E-state index in [4.69, 9.17) is 5.11 Å². The van der Waals surface area contributed by atoms with Gasteiger partial charge >= 0.3 is 5.97 Å². The van der Waals surface area contributed by atoms with E-state index in [1.807, 2.05) is 0 Å². The molecule has 8 heteroatoms. The molecule has 0 saturated carbocycles. The number of hydrogen-bond donors (Lipinski definition) is 3. The quantitative estimate of drug-likeness (QED) is 0.507. The fourth-order valence-electron chi connectivity index (χ4n) is 3.71. The van der Waals surface area contributed by atoms with E-state index < -0.39 is 11.9 Å². The van der Waals surface area contributed by atoms with Gasteiger partial charge in [0.05, 0.1) is 11.1 Å². The number of carboxylic acids is 1. The van der Waals surface area contributed by atoms with Gasteiger partial charge in [-0.1, -0.05) is 12.1 Å². The van der Waals surface area contributed by atoms with Crippen LogP contribution in [0.2, 0.25) is 0 Å². The molecule has 0 aliphatic heterocycles. The van der Waals surface area contributed by atoms with E-state index >= 15 is 0 Å². The fourth-order valence-corrected chi connectivity index (χ4v) is 4.99. The lowest BCUT2D eigenvalue weighted by molar-refractivity contribution is 0.0696. The Morgan fingerprint density at radius 3 is 2.25 bits per heavy atom. The number of nitrogens with one attached hydrogen (secondary N) is 2. The SMILES string of the molecule is O=C(O)c1ccc(C(=O)Nc2sc3c(c2C(=O)NCc2ccc(F)cc2)CCCC3)cc1. The third-order valence-electron chi connectivity index (χ3n) is 5.39. The fraction of sp³-hybridized carbons (Fsp3) is 0.208. The molecule has 0 saturated heterocycles. The van der Waals surface area contributed by atoms with E-state index in [-0.39, 0.29) is 23.8 Å². The second-order valence-electron chi connectivity index (χ2n) is 7.56. The van der Waals surface area contributed by atoms with Gasteiger partial charge in [0.2, 0.25) is 0 Å². The zero-order valence-corrected chi connectivity index (χ0v) is 17.9. The summed E-state index contributed by atoms with van der Waals surface area (Å²) in [5.41, 5.74) is 2.61. The Morgan fingerprint density at radius 2 is 1.56 bits per heavy atom. The van der Waals surface area contributed by atoms with Gasteiger partial charge in [-0.25, -0.2) is 9.18 Å². The van der Waals surface area contributed by atoms with Crippen LogP contribution in [0.4, 0.5) is 9.39 Å². The van der Waals surface area contributed by atoms with Gasteiger partial charge in [0.25, 0.3) is 11.8 Å². The molecule has 4 rings (SSSR count). The minimum Gasteiger partial charge on any atom is -0.478 e. The molecule has 0 fully saturated rings. The van der Waals surface area contributed by atoms with Gasteiger partial charge in [-0.2, -0.15) is 0 Å². The molecule has 1 aliphatic rings. The lowest BCUT2D eigenvalue weighted by Crippen LogP contribution is -2.25. The third-order valence-corrected chi connectivity index (χ3v) is 6.59. The standard InChI is InChI=1S/C24H21FN2O4S/c25-17-11-5-14(6-12-17)13-26-22(29)20-18-3-1-2-4-19(18)32-23(20)27-21(28)15-7-9-16(10-8-15)24(30)31/h5-12H,1-4,13H2,(H,26,29)(H,27,28)(H,30,31). The van der Waals surface area contributed by atoms with Crippen molar-refractivity contribution in [3.8, 4) is 0 Å². The van der Waals surface area contributed by atoms with Gasteiger partial charge in [-0.3, -0.25) is 9.59 Å². The van der Waals surface area contributed by atoms with Crippen LogP contribution >= 0.6 is 11.3 Å².